The van der Waals surface area contributed by atoms with E-state index in [2.05, 4.69) is 11.6 Å². The second kappa shape index (κ2) is 3.34. The lowest BCUT2D eigenvalue weighted by Crippen LogP contribution is -2.27. The van der Waals surface area contributed by atoms with Gasteiger partial charge in [-0.05, 0) is 0 Å². The molecule has 0 unspecified atom stereocenters. The van der Waals surface area contributed by atoms with Gasteiger partial charge in [0.25, 0.3) is 6.08 Å². The summed E-state index contributed by atoms with van der Waals surface area (Å²) in [5.41, 5.74) is 0. The zero-order valence-electron chi connectivity index (χ0n) is 4.72. The van der Waals surface area contributed by atoms with Gasteiger partial charge in [0.15, 0.2) is 5.03 Å². The SMILES string of the molecule is FC(F)=C(Cl)C(F)(F)C(F)F. The van der Waals surface area contributed by atoms with E-state index in [1.165, 1.54) is 0 Å². The molecule has 0 aliphatic heterocycles. The van der Waals surface area contributed by atoms with Crippen LogP contribution in [0.1, 0.15) is 0 Å². The van der Waals surface area contributed by atoms with Crippen LogP contribution in [0.5, 0.6) is 0 Å². The molecule has 11 heavy (non-hydrogen) atoms. The molecule has 0 amide bonds. The van der Waals surface area contributed by atoms with E-state index < -0.39 is 23.5 Å². The van der Waals surface area contributed by atoms with Crippen LogP contribution >= 0.6 is 11.6 Å². The normalized spacial score (nSPS) is 12.0. The number of hydrogen-bond acceptors (Lipinski definition) is 0. The van der Waals surface area contributed by atoms with Crippen molar-refractivity contribution in [1.82, 2.24) is 0 Å². The molecule has 0 aromatic rings. The lowest BCUT2D eigenvalue weighted by atomic mass is 10.3. The van der Waals surface area contributed by atoms with Crippen molar-refractivity contribution in [2.24, 2.45) is 0 Å². The fourth-order valence-corrected chi connectivity index (χ4v) is 0.304. The highest BCUT2D eigenvalue weighted by molar-refractivity contribution is 6.30. The van der Waals surface area contributed by atoms with Gasteiger partial charge in [-0.1, -0.05) is 11.6 Å². The van der Waals surface area contributed by atoms with Crippen LogP contribution in [0.3, 0.4) is 0 Å². The summed E-state index contributed by atoms with van der Waals surface area (Å²) < 4.78 is 68.4. The lowest BCUT2D eigenvalue weighted by Gasteiger charge is -2.12. The average Bonchev–Trinajstić information content (AvgIpc) is 1.85. The fourth-order valence-electron chi connectivity index (χ4n) is 0.222. The van der Waals surface area contributed by atoms with Gasteiger partial charge in [-0.15, -0.1) is 0 Å². The summed E-state index contributed by atoms with van der Waals surface area (Å²) >= 11 is 4.20. The number of halogens is 7. The van der Waals surface area contributed by atoms with Crippen molar-refractivity contribution in [3.63, 3.8) is 0 Å². The van der Waals surface area contributed by atoms with Crippen molar-refractivity contribution in [3.8, 4) is 0 Å². The quantitative estimate of drug-likeness (QED) is 0.598. The summed E-state index contributed by atoms with van der Waals surface area (Å²) in [6, 6.07) is 0. The van der Waals surface area contributed by atoms with Gasteiger partial charge in [0, 0.05) is 0 Å². The Morgan fingerprint density at radius 1 is 1.18 bits per heavy atom. The molecule has 0 rings (SSSR count). The first-order valence-electron chi connectivity index (χ1n) is 2.17. The van der Waals surface area contributed by atoms with Gasteiger partial charge in [0.2, 0.25) is 0 Å². The molecule has 0 bridgehead atoms. The third kappa shape index (κ3) is 2.28. The first-order chi connectivity index (χ1) is 4.80. The summed E-state index contributed by atoms with van der Waals surface area (Å²) in [4.78, 5) is 0. The fraction of sp³-hybridized carbons (Fsp3) is 0.500. The Labute approximate surface area is 62.4 Å². The number of rotatable bonds is 2. The molecule has 0 saturated carbocycles. The molecule has 0 saturated heterocycles. The molecule has 7 heteroatoms. The Hall–Kier alpha value is -0.390. The Morgan fingerprint density at radius 3 is 1.64 bits per heavy atom. The second-order valence-corrected chi connectivity index (χ2v) is 1.88. The standard InChI is InChI=1S/C4HClF6/c5-1(2(6)7)4(10,11)3(8)9/h3H. The first-order valence-corrected chi connectivity index (χ1v) is 2.55. The third-order valence-corrected chi connectivity index (χ3v) is 1.13. The topological polar surface area (TPSA) is 0 Å². The highest BCUT2D eigenvalue weighted by atomic mass is 35.5. The summed E-state index contributed by atoms with van der Waals surface area (Å²) in [7, 11) is 0. The Balaban J connectivity index is 4.70. The molecule has 0 radical (unpaired) electrons. The van der Waals surface area contributed by atoms with Crippen molar-refractivity contribution in [1.29, 1.82) is 0 Å². The minimum Gasteiger partial charge on any atom is -0.203 e. The second-order valence-electron chi connectivity index (χ2n) is 1.50. The van der Waals surface area contributed by atoms with Crippen molar-refractivity contribution < 1.29 is 26.3 Å². The maximum absolute atomic E-state index is 11.8. The van der Waals surface area contributed by atoms with Crippen molar-refractivity contribution in [2.75, 3.05) is 0 Å². The van der Waals surface area contributed by atoms with Crippen molar-refractivity contribution >= 4 is 11.6 Å². The molecule has 66 valence electrons. The molecule has 0 nitrogen and oxygen atoms in total. The summed E-state index contributed by atoms with van der Waals surface area (Å²) in [5.74, 6) is -4.96. The van der Waals surface area contributed by atoms with Gasteiger partial charge < -0.3 is 0 Å². The molecule has 0 atom stereocenters. The van der Waals surface area contributed by atoms with E-state index in [-0.39, 0.29) is 0 Å². The minimum absolute atomic E-state index is 2.41. The highest BCUT2D eigenvalue weighted by Crippen LogP contribution is 2.36. The summed E-state index contributed by atoms with van der Waals surface area (Å²) in [6.45, 7) is 0. The third-order valence-electron chi connectivity index (χ3n) is 0.733. The zero-order chi connectivity index (χ0) is 9.23. The van der Waals surface area contributed by atoms with E-state index in [1.54, 1.807) is 0 Å². The average molecular weight is 198 g/mol. The predicted molar refractivity (Wildman–Crippen MR) is 26.0 cm³/mol. The van der Waals surface area contributed by atoms with Crippen LogP contribution in [0.2, 0.25) is 0 Å². The maximum Gasteiger partial charge on any atom is 0.348 e. The molecule has 0 aliphatic rings. The van der Waals surface area contributed by atoms with Crippen LogP contribution in [-0.4, -0.2) is 12.3 Å². The van der Waals surface area contributed by atoms with Crippen LogP contribution in [0.25, 0.3) is 0 Å². The Morgan fingerprint density at radius 2 is 1.55 bits per heavy atom. The van der Waals surface area contributed by atoms with E-state index in [0.717, 1.165) is 0 Å². The predicted octanol–water partition coefficient (Wildman–Crippen LogP) is 3.23. The minimum atomic E-state index is -4.96. The van der Waals surface area contributed by atoms with Gasteiger partial charge in [0.05, 0.1) is 0 Å². The highest BCUT2D eigenvalue weighted by Gasteiger charge is 2.46. The van der Waals surface area contributed by atoms with Gasteiger partial charge in [-0.25, -0.2) is 8.78 Å². The summed E-state index contributed by atoms with van der Waals surface area (Å²) in [6.07, 6.45) is -7.23. The van der Waals surface area contributed by atoms with Crippen LogP contribution in [-0.2, 0) is 0 Å². The molecular weight excluding hydrogens is 197 g/mol. The van der Waals surface area contributed by atoms with E-state index in [9.17, 15) is 26.3 Å². The largest absolute Gasteiger partial charge is 0.348 e. The Kier molecular flexibility index (Phi) is 3.22. The molecule has 0 N–H and O–H groups in total. The van der Waals surface area contributed by atoms with Crippen molar-refractivity contribution in [2.45, 2.75) is 12.3 Å². The first kappa shape index (κ1) is 10.6. The van der Waals surface area contributed by atoms with Gasteiger partial charge in [-0.3, -0.25) is 0 Å². The van der Waals surface area contributed by atoms with E-state index in [1.807, 2.05) is 0 Å². The van der Waals surface area contributed by atoms with Gasteiger partial charge in [0.1, 0.15) is 0 Å². The number of hydrogen-bond donors (Lipinski definition) is 0. The van der Waals surface area contributed by atoms with Crippen LogP contribution in [0.15, 0.2) is 11.1 Å². The number of allylic oxidation sites excluding steroid dienone is 1. The van der Waals surface area contributed by atoms with Gasteiger partial charge in [-0.2, -0.15) is 17.6 Å². The molecular formula is C4HClF6. The maximum atomic E-state index is 11.8. The van der Waals surface area contributed by atoms with Crippen molar-refractivity contribution in [3.05, 3.63) is 11.1 Å². The van der Waals surface area contributed by atoms with E-state index >= 15 is 0 Å². The van der Waals surface area contributed by atoms with Gasteiger partial charge >= 0.3 is 12.3 Å². The van der Waals surface area contributed by atoms with Crippen LogP contribution < -0.4 is 0 Å². The molecule has 0 heterocycles. The van der Waals surface area contributed by atoms with E-state index in [4.69, 9.17) is 0 Å². The zero-order valence-corrected chi connectivity index (χ0v) is 5.48. The van der Waals surface area contributed by atoms with Crippen LogP contribution in [0.4, 0.5) is 26.3 Å². The molecule has 0 aromatic heterocycles. The molecule has 0 fully saturated rings. The molecule has 0 aliphatic carbocycles. The van der Waals surface area contributed by atoms with E-state index in [0.29, 0.717) is 0 Å². The van der Waals surface area contributed by atoms with Crippen LogP contribution in [0, 0.1) is 0 Å². The smallest absolute Gasteiger partial charge is 0.203 e. The molecule has 0 spiro atoms. The Bertz CT molecular complexity index is 169. The monoisotopic (exact) mass is 198 g/mol. The molecule has 0 aromatic carbocycles. The lowest BCUT2D eigenvalue weighted by molar-refractivity contribution is -0.0964. The summed E-state index contributed by atoms with van der Waals surface area (Å²) in [5, 5.41) is -2.41. The number of alkyl halides is 4.